The van der Waals surface area contributed by atoms with Crippen molar-refractivity contribution in [2.45, 2.75) is 39.4 Å². The SMILES string of the molecule is COc1ccc(-c2nc(NC(=O)c3cnc(NCC(=O)[O-])cn3)sc2CN2CCCC(C)(C)C2)cc1C(F)(F)F.[K+]. The number of ether oxygens (including phenoxy) is 1. The second kappa shape index (κ2) is 13.9. The quantitative estimate of drug-likeness (QED) is 0.333. The number of amides is 1. The van der Waals surface area contributed by atoms with Crippen LogP contribution in [0.15, 0.2) is 30.6 Å². The number of benzene rings is 1. The molecule has 1 amide bonds. The largest absolute Gasteiger partial charge is 1.00 e. The number of methoxy groups -OCH3 is 1. The van der Waals surface area contributed by atoms with Crippen molar-refractivity contribution in [1.29, 1.82) is 0 Å². The number of nitrogens with zero attached hydrogens (tertiary/aromatic N) is 4. The summed E-state index contributed by atoms with van der Waals surface area (Å²) in [6.45, 7) is 6.00. The van der Waals surface area contributed by atoms with E-state index in [-0.39, 0.29) is 84.8 Å². The molecular weight excluding hydrogens is 588 g/mol. The smallest absolute Gasteiger partial charge is 0.548 e. The van der Waals surface area contributed by atoms with E-state index in [2.05, 4.69) is 44.3 Å². The van der Waals surface area contributed by atoms with Crippen molar-refractivity contribution in [3.8, 4) is 17.0 Å². The van der Waals surface area contributed by atoms with E-state index in [9.17, 15) is 27.9 Å². The number of rotatable bonds is 9. The van der Waals surface area contributed by atoms with Crippen LogP contribution in [0.1, 0.15) is 47.6 Å². The van der Waals surface area contributed by atoms with Crippen LogP contribution in [0.4, 0.5) is 24.1 Å². The number of carboxylic acid groups (broad SMARTS) is 1. The minimum Gasteiger partial charge on any atom is -0.548 e. The van der Waals surface area contributed by atoms with E-state index in [1.165, 1.54) is 36.8 Å². The molecule has 3 heterocycles. The maximum Gasteiger partial charge on any atom is 1.00 e. The van der Waals surface area contributed by atoms with Gasteiger partial charge in [0.05, 0.1) is 43.3 Å². The van der Waals surface area contributed by atoms with E-state index in [0.717, 1.165) is 38.2 Å². The van der Waals surface area contributed by atoms with Crippen LogP contribution in [-0.4, -0.2) is 58.5 Å². The molecule has 1 fully saturated rings. The van der Waals surface area contributed by atoms with Crippen LogP contribution < -0.4 is 71.9 Å². The minimum absolute atomic E-state index is 0. The molecule has 0 spiro atoms. The number of aliphatic carboxylic acids is 1. The van der Waals surface area contributed by atoms with Crippen LogP contribution in [0.3, 0.4) is 0 Å². The second-order valence-electron chi connectivity index (χ2n) is 10.1. The summed E-state index contributed by atoms with van der Waals surface area (Å²) in [4.78, 5) is 38.8. The topological polar surface area (TPSA) is 132 Å². The number of anilines is 2. The zero-order chi connectivity index (χ0) is 29.1. The Bertz CT molecular complexity index is 1380. The molecular formula is C26H28F3KN6O4S. The van der Waals surface area contributed by atoms with Gasteiger partial charge in [0.25, 0.3) is 5.91 Å². The van der Waals surface area contributed by atoms with Crippen LogP contribution >= 0.6 is 11.3 Å². The number of hydrogen-bond acceptors (Lipinski definition) is 10. The van der Waals surface area contributed by atoms with Gasteiger partial charge in [0, 0.05) is 23.5 Å². The zero-order valence-corrected chi connectivity index (χ0v) is 27.0. The van der Waals surface area contributed by atoms with E-state index in [1.807, 2.05) is 0 Å². The predicted molar refractivity (Wildman–Crippen MR) is 141 cm³/mol. The van der Waals surface area contributed by atoms with Crippen LogP contribution in [-0.2, 0) is 17.5 Å². The molecule has 0 unspecified atom stereocenters. The van der Waals surface area contributed by atoms with Gasteiger partial charge in [-0.25, -0.2) is 15.0 Å². The maximum atomic E-state index is 13.8. The molecule has 3 aromatic rings. The van der Waals surface area contributed by atoms with Crippen LogP contribution in [0.25, 0.3) is 11.3 Å². The Labute approximate surface area is 281 Å². The molecule has 0 bridgehead atoms. The van der Waals surface area contributed by atoms with Gasteiger partial charge in [0.15, 0.2) is 5.13 Å². The molecule has 4 rings (SSSR count). The van der Waals surface area contributed by atoms with Crippen molar-refractivity contribution in [1.82, 2.24) is 19.9 Å². The summed E-state index contributed by atoms with van der Waals surface area (Å²) < 4.78 is 46.2. The summed E-state index contributed by atoms with van der Waals surface area (Å²) in [6.07, 6.45) is -0.192. The molecule has 2 N–H and O–H groups in total. The fraction of sp³-hybridized carbons (Fsp3) is 0.423. The van der Waals surface area contributed by atoms with Gasteiger partial charge >= 0.3 is 57.6 Å². The molecule has 214 valence electrons. The Morgan fingerprint density at radius 2 is 1.98 bits per heavy atom. The number of thiazole rings is 1. The molecule has 0 aliphatic carbocycles. The average Bonchev–Trinajstić information content (AvgIpc) is 3.27. The monoisotopic (exact) mass is 616 g/mol. The van der Waals surface area contributed by atoms with E-state index in [1.54, 1.807) is 0 Å². The predicted octanol–water partition coefficient (Wildman–Crippen LogP) is 0.668. The Morgan fingerprint density at radius 3 is 2.59 bits per heavy atom. The minimum atomic E-state index is -4.63. The summed E-state index contributed by atoms with van der Waals surface area (Å²) in [5.74, 6) is -2.11. The molecule has 1 saturated heterocycles. The number of alkyl halides is 3. The molecule has 41 heavy (non-hydrogen) atoms. The first-order chi connectivity index (χ1) is 18.8. The Kier molecular flexibility index (Phi) is 11.3. The van der Waals surface area contributed by atoms with Gasteiger partial charge in [-0.15, -0.1) is 0 Å². The van der Waals surface area contributed by atoms with Crippen molar-refractivity contribution >= 4 is 34.2 Å². The molecule has 0 atom stereocenters. The number of carboxylic acids is 1. The molecule has 2 aromatic heterocycles. The second-order valence-corrected chi connectivity index (χ2v) is 11.2. The average molecular weight is 617 g/mol. The Hall–Kier alpha value is -2.14. The first-order valence-electron chi connectivity index (χ1n) is 12.4. The van der Waals surface area contributed by atoms with E-state index in [0.29, 0.717) is 17.1 Å². The number of halogens is 3. The number of aromatic nitrogens is 3. The third kappa shape index (κ3) is 8.92. The van der Waals surface area contributed by atoms with E-state index >= 15 is 0 Å². The van der Waals surface area contributed by atoms with Crippen LogP contribution in [0.2, 0.25) is 0 Å². The van der Waals surface area contributed by atoms with Gasteiger partial charge in [0.2, 0.25) is 0 Å². The van der Waals surface area contributed by atoms with Gasteiger partial charge in [-0.1, -0.05) is 25.2 Å². The Balaban J connectivity index is 0.00000462. The van der Waals surface area contributed by atoms with Crippen molar-refractivity contribution in [3.05, 3.63) is 46.7 Å². The number of piperidine rings is 1. The molecule has 0 saturated carbocycles. The normalized spacial score (nSPS) is 15.1. The number of carbonyl (C=O) groups is 2. The first-order valence-corrected chi connectivity index (χ1v) is 13.2. The van der Waals surface area contributed by atoms with E-state index < -0.39 is 30.2 Å². The number of likely N-dealkylation sites (tertiary alicyclic amines) is 1. The zero-order valence-electron chi connectivity index (χ0n) is 23.1. The Morgan fingerprint density at radius 1 is 1.22 bits per heavy atom. The van der Waals surface area contributed by atoms with Crippen LogP contribution in [0.5, 0.6) is 5.75 Å². The standard InChI is InChI=1S/C26H29F3N6O4S.K/c1-25(2)7-4-8-35(14-25)13-19-22(15-5-6-18(39-3)16(9-15)26(27,28)29)33-24(40-19)34-23(38)17-10-31-20(11-30-17)32-12-21(36)37;/h5-6,9-11H,4,7-8,12-14H2,1-3H3,(H,31,32)(H,36,37)(H,33,34,38);/q;+1/p-1. The summed E-state index contributed by atoms with van der Waals surface area (Å²) >= 11 is 1.18. The van der Waals surface area contributed by atoms with Crippen molar-refractivity contribution in [2.75, 3.05) is 37.4 Å². The van der Waals surface area contributed by atoms with Gasteiger partial charge < -0.3 is 20.0 Å². The third-order valence-corrected chi connectivity index (χ3v) is 7.30. The fourth-order valence-electron chi connectivity index (χ4n) is 4.56. The van der Waals surface area contributed by atoms with E-state index in [4.69, 9.17) is 4.74 Å². The number of carbonyl (C=O) groups excluding carboxylic acids is 2. The summed E-state index contributed by atoms with van der Waals surface area (Å²) in [5, 5.41) is 15.9. The molecule has 15 heteroatoms. The molecule has 1 aromatic carbocycles. The number of hydrogen-bond donors (Lipinski definition) is 2. The van der Waals surface area contributed by atoms with Gasteiger partial charge in [-0.05, 0) is 43.0 Å². The molecule has 1 aliphatic heterocycles. The summed E-state index contributed by atoms with van der Waals surface area (Å²) in [7, 11) is 1.18. The van der Waals surface area contributed by atoms with Crippen molar-refractivity contribution in [3.63, 3.8) is 0 Å². The molecule has 1 aliphatic rings. The van der Waals surface area contributed by atoms with Gasteiger partial charge in [0.1, 0.15) is 17.3 Å². The molecule has 10 nitrogen and oxygen atoms in total. The fourth-order valence-corrected chi connectivity index (χ4v) is 5.58. The third-order valence-electron chi connectivity index (χ3n) is 6.34. The van der Waals surface area contributed by atoms with Gasteiger partial charge in [-0.3, -0.25) is 15.0 Å². The number of nitrogens with one attached hydrogen (secondary N) is 2. The van der Waals surface area contributed by atoms with Crippen molar-refractivity contribution in [2.24, 2.45) is 5.41 Å². The summed E-state index contributed by atoms with van der Waals surface area (Å²) in [5.41, 5.74) is -0.286. The maximum absolute atomic E-state index is 13.8. The van der Waals surface area contributed by atoms with Crippen molar-refractivity contribution < 1.29 is 84.0 Å². The molecule has 0 radical (unpaired) electrons. The van der Waals surface area contributed by atoms with Crippen LogP contribution in [0, 0.1) is 5.41 Å². The first kappa shape index (κ1) is 33.4. The summed E-state index contributed by atoms with van der Waals surface area (Å²) in [6, 6.07) is 3.78. The van der Waals surface area contributed by atoms with Gasteiger partial charge in [-0.2, -0.15) is 13.2 Å².